The molecule has 0 radical (unpaired) electrons. The maximum absolute atomic E-state index is 11.9. The predicted octanol–water partition coefficient (Wildman–Crippen LogP) is 2.96. The number of hydrogen-bond acceptors (Lipinski definition) is 2. The summed E-state index contributed by atoms with van der Waals surface area (Å²) in [4.78, 5) is 11.9. The Morgan fingerprint density at radius 3 is 2.38 bits per heavy atom. The zero-order valence-corrected chi connectivity index (χ0v) is 10.5. The highest BCUT2D eigenvalue weighted by Crippen LogP contribution is 2.44. The lowest BCUT2D eigenvalue weighted by molar-refractivity contribution is 0.0897. The lowest BCUT2D eigenvalue weighted by Gasteiger charge is -2.16. The van der Waals surface area contributed by atoms with E-state index in [1.54, 1.807) is 12.1 Å². The molecule has 3 rings (SSSR count). The van der Waals surface area contributed by atoms with Crippen LogP contribution in [0, 0.1) is 11.8 Å². The van der Waals surface area contributed by atoms with Gasteiger partial charge in [-0.15, -0.1) is 0 Å². The molecule has 0 saturated heterocycles. The summed E-state index contributed by atoms with van der Waals surface area (Å²) in [5.41, 5.74) is 0. The molecule has 3 nitrogen and oxygen atoms in total. The zero-order chi connectivity index (χ0) is 11.1. The SMILES string of the molecule is O=C(NC(C1CC1)C1CC1)c1ccc(Br)o1. The predicted molar refractivity (Wildman–Crippen MR) is 63.1 cm³/mol. The summed E-state index contributed by atoms with van der Waals surface area (Å²) >= 11 is 3.20. The standard InChI is InChI=1S/C12H14BrNO2/c13-10-6-5-9(16-10)12(15)14-11(7-1-2-7)8-3-4-8/h5-8,11H,1-4H2,(H,14,15). The van der Waals surface area contributed by atoms with Crippen LogP contribution >= 0.6 is 15.9 Å². The molecule has 86 valence electrons. The smallest absolute Gasteiger partial charge is 0.287 e. The first-order valence-corrected chi connectivity index (χ1v) is 6.59. The van der Waals surface area contributed by atoms with E-state index in [1.165, 1.54) is 25.7 Å². The molecule has 2 saturated carbocycles. The summed E-state index contributed by atoms with van der Waals surface area (Å²) < 4.78 is 5.85. The molecule has 1 heterocycles. The molecule has 1 aromatic rings. The highest BCUT2D eigenvalue weighted by atomic mass is 79.9. The molecule has 0 atom stereocenters. The molecule has 0 aromatic carbocycles. The maximum Gasteiger partial charge on any atom is 0.287 e. The molecule has 1 aromatic heterocycles. The minimum absolute atomic E-state index is 0.0745. The van der Waals surface area contributed by atoms with Crippen LogP contribution in [0.3, 0.4) is 0 Å². The highest BCUT2D eigenvalue weighted by molar-refractivity contribution is 9.10. The molecule has 2 aliphatic carbocycles. The third kappa shape index (κ3) is 2.17. The van der Waals surface area contributed by atoms with E-state index in [9.17, 15) is 4.79 Å². The number of halogens is 1. The van der Waals surface area contributed by atoms with E-state index in [1.807, 2.05) is 0 Å². The average Bonchev–Trinajstić information content (AvgIpc) is 3.14. The molecule has 1 amide bonds. The van der Waals surface area contributed by atoms with Gasteiger partial charge in [0.05, 0.1) is 0 Å². The van der Waals surface area contributed by atoms with Crippen LogP contribution in [0.25, 0.3) is 0 Å². The first-order valence-electron chi connectivity index (χ1n) is 5.80. The number of carbonyl (C=O) groups is 1. The molecular formula is C12H14BrNO2. The van der Waals surface area contributed by atoms with E-state index < -0.39 is 0 Å². The fourth-order valence-electron chi connectivity index (χ4n) is 2.19. The number of carbonyl (C=O) groups excluding carboxylic acids is 1. The summed E-state index contributed by atoms with van der Waals surface area (Å²) in [7, 11) is 0. The van der Waals surface area contributed by atoms with Crippen molar-refractivity contribution in [2.75, 3.05) is 0 Å². The number of furan rings is 1. The van der Waals surface area contributed by atoms with Crippen LogP contribution in [-0.4, -0.2) is 11.9 Å². The van der Waals surface area contributed by atoms with Gasteiger partial charge in [0.15, 0.2) is 10.4 Å². The second kappa shape index (κ2) is 3.91. The minimum Gasteiger partial charge on any atom is -0.444 e. The van der Waals surface area contributed by atoms with E-state index >= 15 is 0 Å². The Kier molecular flexibility index (Phi) is 2.54. The lowest BCUT2D eigenvalue weighted by atomic mass is 10.1. The van der Waals surface area contributed by atoms with Crippen molar-refractivity contribution in [3.8, 4) is 0 Å². The van der Waals surface area contributed by atoms with Gasteiger partial charge in [-0.25, -0.2) is 0 Å². The summed E-state index contributed by atoms with van der Waals surface area (Å²) in [6, 6.07) is 3.84. The van der Waals surface area contributed by atoms with Gasteiger partial charge in [0.25, 0.3) is 5.91 Å². The molecule has 0 unspecified atom stereocenters. The lowest BCUT2D eigenvalue weighted by Crippen LogP contribution is -2.37. The number of hydrogen-bond donors (Lipinski definition) is 1. The summed E-state index contributed by atoms with van der Waals surface area (Å²) in [6.07, 6.45) is 5.07. The van der Waals surface area contributed by atoms with Crippen molar-refractivity contribution < 1.29 is 9.21 Å². The van der Waals surface area contributed by atoms with Crippen LogP contribution in [0.5, 0.6) is 0 Å². The van der Waals surface area contributed by atoms with Gasteiger partial charge in [0.1, 0.15) is 0 Å². The third-order valence-corrected chi connectivity index (χ3v) is 3.78. The van der Waals surface area contributed by atoms with Gasteiger partial charge in [-0.2, -0.15) is 0 Å². The number of nitrogens with one attached hydrogen (secondary N) is 1. The van der Waals surface area contributed by atoms with E-state index in [2.05, 4.69) is 21.2 Å². The van der Waals surface area contributed by atoms with E-state index in [4.69, 9.17) is 4.42 Å². The van der Waals surface area contributed by atoms with Gasteiger partial charge in [-0.3, -0.25) is 4.79 Å². The van der Waals surface area contributed by atoms with E-state index in [0.717, 1.165) is 11.8 Å². The first-order chi connectivity index (χ1) is 7.74. The van der Waals surface area contributed by atoms with Gasteiger partial charge in [-0.05, 0) is 65.6 Å². The van der Waals surface area contributed by atoms with Crippen LogP contribution < -0.4 is 5.32 Å². The molecule has 0 aliphatic heterocycles. The third-order valence-electron chi connectivity index (χ3n) is 3.35. The summed E-state index contributed by atoms with van der Waals surface area (Å²) in [5.74, 6) is 1.76. The minimum atomic E-state index is -0.0745. The normalized spacial score (nSPS) is 20.1. The van der Waals surface area contributed by atoms with Crippen LogP contribution in [0.4, 0.5) is 0 Å². The quantitative estimate of drug-likeness (QED) is 0.923. The monoisotopic (exact) mass is 283 g/mol. The molecule has 0 spiro atoms. The Labute approximate surface area is 103 Å². The second-order valence-electron chi connectivity index (χ2n) is 4.78. The molecule has 2 fully saturated rings. The molecule has 2 aliphatic rings. The zero-order valence-electron chi connectivity index (χ0n) is 8.91. The van der Waals surface area contributed by atoms with E-state index in [-0.39, 0.29) is 5.91 Å². The van der Waals surface area contributed by atoms with Gasteiger partial charge >= 0.3 is 0 Å². The van der Waals surface area contributed by atoms with Crippen molar-refractivity contribution in [3.63, 3.8) is 0 Å². The Morgan fingerprint density at radius 1 is 1.31 bits per heavy atom. The average molecular weight is 284 g/mol. The molecule has 4 heteroatoms. The van der Waals surface area contributed by atoms with Gasteiger partial charge in [0, 0.05) is 6.04 Å². The molecular weight excluding hydrogens is 270 g/mol. The summed E-state index contributed by atoms with van der Waals surface area (Å²) in [5, 5.41) is 3.12. The van der Waals surface area contributed by atoms with Crippen LogP contribution in [0.15, 0.2) is 21.2 Å². The Bertz CT molecular complexity index is 395. The van der Waals surface area contributed by atoms with E-state index in [0.29, 0.717) is 16.5 Å². The van der Waals surface area contributed by atoms with Crippen molar-refractivity contribution in [1.82, 2.24) is 5.32 Å². The van der Waals surface area contributed by atoms with Crippen molar-refractivity contribution >= 4 is 21.8 Å². The van der Waals surface area contributed by atoms with Crippen molar-refractivity contribution in [2.24, 2.45) is 11.8 Å². The van der Waals surface area contributed by atoms with Gasteiger partial charge < -0.3 is 9.73 Å². The topological polar surface area (TPSA) is 42.2 Å². The van der Waals surface area contributed by atoms with Crippen molar-refractivity contribution in [3.05, 3.63) is 22.6 Å². The highest BCUT2D eigenvalue weighted by Gasteiger charge is 2.42. The Morgan fingerprint density at radius 2 is 1.94 bits per heavy atom. The van der Waals surface area contributed by atoms with Crippen LogP contribution in [-0.2, 0) is 0 Å². The number of rotatable bonds is 4. The van der Waals surface area contributed by atoms with Gasteiger partial charge in [0.2, 0.25) is 0 Å². The van der Waals surface area contributed by atoms with Crippen LogP contribution in [0.2, 0.25) is 0 Å². The second-order valence-corrected chi connectivity index (χ2v) is 5.56. The maximum atomic E-state index is 11.9. The molecule has 16 heavy (non-hydrogen) atoms. The largest absolute Gasteiger partial charge is 0.444 e. The van der Waals surface area contributed by atoms with Gasteiger partial charge in [-0.1, -0.05) is 0 Å². The van der Waals surface area contributed by atoms with Crippen molar-refractivity contribution in [1.29, 1.82) is 0 Å². The fraction of sp³-hybridized carbons (Fsp3) is 0.583. The summed E-state index contributed by atoms with van der Waals surface area (Å²) in [6.45, 7) is 0. The molecule has 1 N–H and O–H groups in total. The fourth-order valence-corrected chi connectivity index (χ4v) is 2.50. The van der Waals surface area contributed by atoms with Crippen LogP contribution in [0.1, 0.15) is 36.2 Å². The molecule has 0 bridgehead atoms. The first kappa shape index (κ1) is 10.4. The Hall–Kier alpha value is -0.770. The number of amides is 1. The van der Waals surface area contributed by atoms with Crippen molar-refractivity contribution in [2.45, 2.75) is 31.7 Å². The Balaban J connectivity index is 1.66.